The number of hydrogen-bond donors (Lipinski definition) is 0. The number of hydrogen-bond acceptors (Lipinski definition) is 5. The SMILES string of the molecule is Cc1cc(-c2cnc(C)nc2C2CCCN(C(=O)C3CC3)C2)on1. The van der Waals surface area contributed by atoms with Crippen LogP contribution < -0.4 is 0 Å². The van der Waals surface area contributed by atoms with Crippen LogP contribution in [0.2, 0.25) is 0 Å². The van der Waals surface area contributed by atoms with E-state index in [4.69, 9.17) is 9.51 Å². The van der Waals surface area contributed by atoms with Gasteiger partial charge in [-0.25, -0.2) is 9.97 Å². The van der Waals surface area contributed by atoms with Gasteiger partial charge in [0.2, 0.25) is 5.91 Å². The molecule has 2 aliphatic rings. The summed E-state index contributed by atoms with van der Waals surface area (Å²) in [6.45, 7) is 5.41. The lowest BCUT2D eigenvalue weighted by atomic mass is 9.91. The standard InChI is InChI=1S/C18H22N4O2/c1-11-8-16(24-21-11)15-9-19-12(2)20-17(15)14-4-3-7-22(10-14)18(23)13-5-6-13/h8-9,13-14H,3-7,10H2,1-2H3. The molecular formula is C18H22N4O2. The number of aryl methyl sites for hydroxylation is 2. The normalized spacial score (nSPS) is 21.1. The molecule has 6 heteroatoms. The van der Waals surface area contributed by atoms with Gasteiger partial charge in [-0.05, 0) is 39.5 Å². The van der Waals surface area contributed by atoms with Crippen molar-refractivity contribution >= 4 is 5.91 Å². The van der Waals surface area contributed by atoms with Crippen molar-refractivity contribution in [3.05, 3.63) is 29.5 Å². The topological polar surface area (TPSA) is 72.1 Å². The molecule has 1 saturated heterocycles. The summed E-state index contributed by atoms with van der Waals surface area (Å²) in [5.74, 6) is 2.27. The summed E-state index contributed by atoms with van der Waals surface area (Å²) < 4.78 is 5.43. The van der Waals surface area contributed by atoms with E-state index in [2.05, 4.69) is 10.1 Å². The molecular weight excluding hydrogens is 304 g/mol. The Morgan fingerprint density at radius 3 is 2.83 bits per heavy atom. The highest BCUT2D eigenvalue weighted by Crippen LogP contribution is 2.36. The van der Waals surface area contributed by atoms with Crippen molar-refractivity contribution in [2.75, 3.05) is 13.1 Å². The molecule has 6 nitrogen and oxygen atoms in total. The molecule has 24 heavy (non-hydrogen) atoms. The van der Waals surface area contributed by atoms with Crippen LogP contribution in [0.1, 0.15) is 48.8 Å². The average Bonchev–Trinajstić information content (AvgIpc) is 3.36. The second kappa shape index (κ2) is 6.00. The molecule has 1 aliphatic heterocycles. The molecule has 4 rings (SSSR count). The summed E-state index contributed by atoms with van der Waals surface area (Å²) in [5.41, 5.74) is 2.71. The fourth-order valence-electron chi connectivity index (χ4n) is 3.47. The molecule has 1 amide bonds. The summed E-state index contributed by atoms with van der Waals surface area (Å²) in [4.78, 5) is 23.5. The third kappa shape index (κ3) is 2.92. The zero-order valence-electron chi connectivity index (χ0n) is 14.2. The lowest BCUT2D eigenvalue weighted by molar-refractivity contribution is -0.133. The van der Waals surface area contributed by atoms with Crippen molar-refractivity contribution in [2.24, 2.45) is 5.92 Å². The molecule has 0 aromatic carbocycles. The van der Waals surface area contributed by atoms with Crippen molar-refractivity contribution in [1.82, 2.24) is 20.0 Å². The average molecular weight is 326 g/mol. The number of aromatic nitrogens is 3. The molecule has 1 unspecified atom stereocenters. The Hall–Kier alpha value is -2.24. The van der Waals surface area contributed by atoms with E-state index < -0.39 is 0 Å². The Morgan fingerprint density at radius 1 is 1.29 bits per heavy atom. The number of nitrogens with zero attached hydrogens (tertiary/aromatic N) is 4. The minimum Gasteiger partial charge on any atom is -0.356 e. The highest BCUT2D eigenvalue weighted by Gasteiger charge is 2.36. The first-order valence-electron chi connectivity index (χ1n) is 8.68. The molecule has 126 valence electrons. The Bertz CT molecular complexity index is 766. The molecule has 1 atom stereocenters. The molecule has 0 bridgehead atoms. The number of carbonyl (C=O) groups excluding carboxylic acids is 1. The minimum atomic E-state index is 0.226. The van der Waals surface area contributed by atoms with Gasteiger partial charge in [0, 0.05) is 37.2 Å². The van der Waals surface area contributed by atoms with Gasteiger partial charge < -0.3 is 9.42 Å². The first-order valence-corrected chi connectivity index (χ1v) is 8.68. The summed E-state index contributed by atoms with van der Waals surface area (Å²) in [6.07, 6.45) is 5.97. The summed E-state index contributed by atoms with van der Waals surface area (Å²) in [6, 6.07) is 1.91. The Morgan fingerprint density at radius 2 is 2.12 bits per heavy atom. The predicted molar refractivity (Wildman–Crippen MR) is 88.3 cm³/mol. The van der Waals surface area contributed by atoms with Crippen molar-refractivity contribution in [2.45, 2.75) is 45.4 Å². The van der Waals surface area contributed by atoms with Crippen molar-refractivity contribution in [3.63, 3.8) is 0 Å². The van der Waals surface area contributed by atoms with E-state index in [0.29, 0.717) is 11.7 Å². The number of carbonyl (C=O) groups is 1. The maximum absolute atomic E-state index is 12.4. The van der Waals surface area contributed by atoms with Gasteiger partial charge in [0.05, 0.1) is 17.0 Å². The van der Waals surface area contributed by atoms with Gasteiger partial charge in [-0.15, -0.1) is 0 Å². The Labute approximate surface area is 141 Å². The van der Waals surface area contributed by atoms with E-state index in [1.165, 1.54) is 0 Å². The third-order valence-electron chi connectivity index (χ3n) is 4.88. The fourth-order valence-corrected chi connectivity index (χ4v) is 3.47. The van der Waals surface area contributed by atoms with E-state index in [0.717, 1.165) is 61.5 Å². The molecule has 2 aromatic heterocycles. The van der Waals surface area contributed by atoms with E-state index >= 15 is 0 Å². The second-order valence-electron chi connectivity index (χ2n) is 6.95. The number of amides is 1. The van der Waals surface area contributed by atoms with E-state index in [1.807, 2.05) is 31.0 Å². The van der Waals surface area contributed by atoms with Crippen LogP contribution in [0.25, 0.3) is 11.3 Å². The zero-order valence-corrected chi connectivity index (χ0v) is 14.2. The van der Waals surface area contributed by atoms with E-state index in [1.54, 1.807) is 0 Å². The van der Waals surface area contributed by atoms with E-state index in [9.17, 15) is 4.79 Å². The number of likely N-dealkylation sites (tertiary alicyclic amines) is 1. The number of piperidine rings is 1. The molecule has 1 aliphatic carbocycles. The highest BCUT2D eigenvalue weighted by molar-refractivity contribution is 5.81. The van der Waals surface area contributed by atoms with Crippen LogP contribution >= 0.6 is 0 Å². The van der Waals surface area contributed by atoms with Crippen LogP contribution in [0.5, 0.6) is 0 Å². The molecule has 0 N–H and O–H groups in total. The van der Waals surface area contributed by atoms with Crippen molar-refractivity contribution in [3.8, 4) is 11.3 Å². The first-order chi connectivity index (χ1) is 11.6. The first kappa shape index (κ1) is 15.3. The third-order valence-corrected chi connectivity index (χ3v) is 4.88. The van der Waals surface area contributed by atoms with Crippen LogP contribution in [0.15, 0.2) is 16.8 Å². The molecule has 2 fully saturated rings. The Kier molecular flexibility index (Phi) is 3.82. The fraction of sp³-hybridized carbons (Fsp3) is 0.556. The highest BCUT2D eigenvalue weighted by atomic mass is 16.5. The van der Waals surface area contributed by atoms with Crippen molar-refractivity contribution in [1.29, 1.82) is 0 Å². The van der Waals surface area contributed by atoms with Crippen LogP contribution in [-0.4, -0.2) is 39.0 Å². The molecule has 0 radical (unpaired) electrons. The molecule has 0 spiro atoms. The minimum absolute atomic E-state index is 0.226. The molecule has 2 aromatic rings. The van der Waals surface area contributed by atoms with Gasteiger partial charge in [0.25, 0.3) is 0 Å². The summed E-state index contributed by atoms with van der Waals surface area (Å²) in [5, 5.41) is 3.98. The molecule has 3 heterocycles. The maximum Gasteiger partial charge on any atom is 0.225 e. The van der Waals surface area contributed by atoms with Crippen LogP contribution in [-0.2, 0) is 4.79 Å². The zero-order chi connectivity index (χ0) is 16.7. The maximum atomic E-state index is 12.4. The summed E-state index contributed by atoms with van der Waals surface area (Å²) >= 11 is 0. The lowest BCUT2D eigenvalue weighted by Gasteiger charge is -2.33. The van der Waals surface area contributed by atoms with E-state index in [-0.39, 0.29) is 11.8 Å². The van der Waals surface area contributed by atoms with Gasteiger partial charge in [-0.3, -0.25) is 4.79 Å². The van der Waals surface area contributed by atoms with Gasteiger partial charge in [-0.1, -0.05) is 5.16 Å². The second-order valence-corrected chi connectivity index (χ2v) is 6.95. The number of rotatable bonds is 3. The largest absolute Gasteiger partial charge is 0.356 e. The van der Waals surface area contributed by atoms with Gasteiger partial charge in [-0.2, -0.15) is 0 Å². The van der Waals surface area contributed by atoms with Gasteiger partial charge in [0.1, 0.15) is 5.82 Å². The predicted octanol–water partition coefficient (Wildman–Crippen LogP) is 2.86. The smallest absolute Gasteiger partial charge is 0.225 e. The van der Waals surface area contributed by atoms with Gasteiger partial charge in [0.15, 0.2) is 5.76 Å². The quantitative estimate of drug-likeness (QED) is 0.867. The van der Waals surface area contributed by atoms with Crippen LogP contribution in [0.4, 0.5) is 0 Å². The van der Waals surface area contributed by atoms with Crippen LogP contribution in [0.3, 0.4) is 0 Å². The lowest BCUT2D eigenvalue weighted by Crippen LogP contribution is -2.40. The Balaban J connectivity index is 1.64. The molecule has 1 saturated carbocycles. The van der Waals surface area contributed by atoms with Crippen LogP contribution in [0, 0.1) is 19.8 Å². The van der Waals surface area contributed by atoms with Gasteiger partial charge >= 0.3 is 0 Å². The summed E-state index contributed by atoms with van der Waals surface area (Å²) in [7, 11) is 0. The monoisotopic (exact) mass is 326 g/mol. The van der Waals surface area contributed by atoms with Crippen molar-refractivity contribution < 1.29 is 9.32 Å².